The maximum atomic E-state index is 12.7. The Kier molecular flexibility index (Phi) is 4.44. The van der Waals surface area contributed by atoms with Crippen molar-refractivity contribution in [3.05, 3.63) is 29.3 Å². The van der Waals surface area contributed by atoms with Gasteiger partial charge in [0, 0.05) is 17.3 Å². The van der Waals surface area contributed by atoms with Crippen LogP contribution in [0.2, 0.25) is 0 Å². The number of aryl methyl sites for hydroxylation is 1. The minimum Gasteiger partial charge on any atom is -0.384 e. The minimum absolute atomic E-state index is 0.233. The predicted molar refractivity (Wildman–Crippen MR) is 70.7 cm³/mol. The van der Waals surface area contributed by atoms with Gasteiger partial charge in [-0.25, -0.2) is 0 Å². The number of hydrogen-bond donors (Lipinski definition) is 2. The molecule has 0 unspecified atom stereocenters. The van der Waals surface area contributed by atoms with E-state index in [2.05, 4.69) is 0 Å². The second-order valence-corrected chi connectivity index (χ2v) is 4.77. The fourth-order valence-electron chi connectivity index (χ4n) is 1.85. The zero-order valence-electron chi connectivity index (χ0n) is 11.2. The Hall–Kier alpha value is -1.72. The molecule has 0 amide bonds. The van der Waals surface area contributed by atoms with Crippen molar-refractivity contribution in [2.75, 3.05) is 11.4 Å². The molecule has 0 spiro atoms. The minimum atomic E-state index is -4.30. The Morgan fingerprint density at radius 1 is 1.37 bits per heavy atom. The number of halogens is 3. The van der Waals surface area contributed by atoms with Crippen molar-refractivity contribution >= 4 is 11.5 Å². The van der Waals surface area contributed by atoms with Gasteiger partial charge in [0.05, 0.1) is 0 Å². The number of rotatable bonds is 4. The summed E-state index contributed by atoms with van der Waals surface area (Å²) in [5, 5.41) is 7.48. The summed E-state index contributed by atoms with van der Waals surface area (Å²) in [6, 6.07) is 4.59. The quantitative estimate of drug-likeness (QED) is 0.654. The average molecular weight is 273 g/mol. The number of anilines is 1. The van der Waals surface area contributed by atoms with Crippen molar-refractivity contribution in [1.82, 2.24) is 0 Å². The topological polar surface area (TPSA) is 53.1 Å². The van der Waals surface area contributed by atoms with Crippen LogP contribution in [0.3, 0.4) is 0 Å². The third kappa shape index (κ3) is 4.15. The Morgan fingerprint density at radius 2 is 1.95 bits per heavy atom. The molecule has 0 radical (unpaired) electrons. The highest BCUT2D eigenvalue weighted by molar-refractivity contribution is 6.00. The first-order valence-corrected chi connectivity index (χ1v) is 5.90. The van der Waals surface area contributed by atoms with Crippen molar-refractivity contribution in [2.24, 2.45) is 5.73 Å². The third-order valence-corrected chi connectivity index (χ3v) is 2.73. The summed E-state index contributed by atoms with van der Waals surface area (Å²) in [7, 11) is 0. The van der Waals surface area contributed by atoms with E-state index in [4.69, 9.17) is 11.1 Å². The number of nitrogens with one attached hydrogen (secondary N) is 1. The number of nitrogens with zero attached hydrogens (tertiary/aromatic N) is 1. The fourth-order valence-corrected chi connectivity index (χ4v) is 1.85. The Bertz CT molecular complexity index is 467. The van der Waals surface area contributed by atoms with Gasteiger partial charge in [0.25, 0.3) is 0 Å². The Morgan fingerprint density at radius 3 is 2.37 bits per heavy atom. The van der Waals surface area contributed by atoms with Crippen LogP contribution in [0.4, 0.5) is 18.9 Å². The van der Waals surface area contributed by atoms with Crippen molar-refractivity contribution in [1.29, 1.82) is 5.41 Å². The monoisotopic (exact) mass is 273 g/mol. The first-order chi connectivity index (χ1) is 8.61. The molecular formula is C13H18F3N3. The van der Waals surface area contributed by atoms with Gasteiger partial charge in [-0.3, -0.25) is 5.41 Å². The molecule has 0 saturated heterocycles. The van der Waals surface area contributed by atoms with Gasteiger partial charge < -0.3 is 10.6 Å². The molecule has 3 nitrogen and oxygen atoms in total. The average Bonchev–Trinajstić information content (AvgIpc) is 2.23. The number of hydrogen-bond acceptors (Lipinski definition) is 2. The molecule has 0 heterocycles. The van der Waals surface area contributed by atoms with Gasteiger partial charge in [0.2, 0.25) is 0 Å². The van der Waals surface area contributed by atoms with Crippen LogP contribution in [0.5, 0.6) is 0 Å². The number of alkyl halides is 3. The zero-order valence-corrected chi connectivity index (χ0v) is 11.2. The highest BCUT2D eigenvalue weighted by atomic mass is 19.4. The molecule has 106 valence electrons. The number of nitrogens with two attached hydrogens (primary N) is 1. The SMILES string of the molecule is Cc1ccc(C(=N)N)c(N(CC(F)(F)F)C(C)C)c1. The van der Waals surface area contributed by atoms with Crippen LogP contribution >= 0.6 is 0 Å². The van der Waals surface area contributed by atoms with Gasteiger partial charge in [-0.2, -0.15) is 13.2 Å². The van der Waals surface area contributed by atoms with Gasteiger partial charge in [0.1, 0.15) is 12.4 Å². The molecule has 1 aromatic carbocycles. The molecule has 1 rings (SSSR count). The zero-order chi connectivity index (χ0) is 14.8. The van der Waals surface area contributed by atoms with Crippen molar-refractivity contribution in [2.45, 2.75) is 33.0 Å². The maximum Gasteiger partial charge on any atom is 0.405 e. The van der Waals surface area contributed by atoms with Crippen LogP contribution < -0.4 is 10.6 Å². The predicted octanol–water partition coefficient (Wildman–Crippen LogP) is 3.06. The maximum absolute atomic E-state index is 12.7. The summed E-state index contributed by atoms with van der Waals surface area (Å²) in [6.07, 6.45) is -4.30. The third-order valence-electron chi connectivity index (χ3n) is 2.73. The van der Waals surface area contributed by atoms with Crippen LogP contribution in [0.15, 0.2) is 18.2 Å². The van der Waals surface area contributed by atoms with E-state index < -0.39 is 12.7 Å². The lowest BCUT2D eigenvalue weighted by atomic mass is 10.1. The van der Waals surface area contributed by atoms with Crippen LogP contribution in [0.1, 0.15) is 25.0 Å². The van der Waals surface area contributed by atoms with E-state index in [1.54, 1.807) is 39.0 Å². The largest absolute Gasteiger partial charge is 0.405 e. The summed E-state index contributed by atoms with van der Waals surface area (Å²) in [5.74, 6) is -0.233. The molecule has 0 aromatic heterocycles. The van der Waals surface area contributed by atoms with Gasteiger partial charge in [-0.1, -0.05) is 6.07 Å². The normalized spacial score (nSPS) is 11.7. The van der Waals surface area contributed by atoms with E-state index in [0.29, 0.717) is 11.3 Å². The number of benzene rings is 1. The van der Waals surface area contributed by atoms with Crippen LogP contribution in [0, 0.1) is 12.3 Å². The molecule has 19 heavy (non-hydrogen) atoms. The molecule has 1 aromatic rings. The fraction of sp³-hybridized carbons (Fsp3) is 0.462. The highest BCUT2D eigenvalue weighted by Gasteiger charge is 2.33. The lowest BCUT2D eigenvalue weighted by molar-refractivity contribution is -0.120. The van der Waals surface area contributed by atoms with Gasteiger partial charge >= 0.3 is 6.18 Å². The summed E-state index contributed by atoms with van der Waals surface area (Å²) >= 11 is 0. The summed E-state index contributed by atoms with van der Waals surface area (Å²) in [5.41, 5.74) is 6.94. The van der Waals surface area contributed by atoms with E-state index in [1.807, 2.05) is 0 Å². The van der Waals surface area contributed by atoms with Gasteiger partial charge in [0.15, 0.2) is 0 Å². The van der Waals surface area contributed by atoms with Crippen molar-refractivity contribution in [3.63, 3.8) is 0 Å². The molecule has 6 heteroatoms. The van der Waals surface area contributed by atoms with Crippen LogP contribution in [-0.4, -0.2) is 24.6 Å². The molecule has 0 saturated carbocycles. The van der Waals surface area contributed by atoms with Crippen LogP contribution in [-0.2, 0) is 0 Å². The summed E-state index contributed by atoms with van der Waals surface area (Å²) in [4.78, 5) is 1.21. The molecule has 0 aliphatic heterocycles. The molecule has 0 atom stereocenters. The van der Waals surface area contributed by atoms with Gasteiger partial charge in [-0.05, 0) is 38.5 Å². The number of nitrogen functional groups attached to an aromatic ring is 1. The first-order valence-electron chi connectivity index (χ1n) is 5.90. The Labute approximate surface area is 110 Å². The second-order valence-electron chi connectivity index (χ2n) is 4.77. The van der Waals surface area contributed by atoms with Crippen LogP contribution in [0.25, 0.3) is 0 Å². The van der Waals surface area contributed by atoms with Crippen molar-refractivity contribution < 1.29 is 13.2 Å². The lowest BCUT2D eigenvalue weighted by Crippen LogP contribution is -2.40. The molecule has 0 fully saturated rings. The molecule has 0 bridgehead atoms. The van der Waals surface area contributed by atoms with Gasteiger partial charge in [-0.15, -0.1) is 0 Å². The molecule has 3 N–H and O–H groups in total. The van der Waals surface area contributed by atoms with E-state index in [9.17, 15) is 13.2 Å². The molecular weight excluding hydrogens is 255 g/mol. The second kappa shape index (κ2) is 5.50. The summed E-state index contributed by atoms with van der Waals surface area (Å²) < 4.78 is 38.0. The molecule has 0 aliphatic carbocycles. The van der Waals surface area contributed by atoms with E-state index in [-0.39, 0.29) is 11.9 Å². The van der Waals surface area contributed by atoms with E-state index >= 15 is 0 Å². The standard InChI is InChI=1S/C13H18F3N3/c1-8(2)19(7-13(14,15)16)11-6-9(3)4-5-10(11)12(17)18/h4-6,8H,7H2,1-3H3,(H3,17,18). The lowest BCUT2D eigenvalue weighted by Gasteiger charge is -2.31. The first kappa shape index (κ1) is 15.3. The van der Waals surface area contributed by atoms with E-state index in [1.165, 1.54) is 4.90 Å². The smallest absolute Gasteiger partial charge is 0.384 e. The van der Waals surface area contributed by atoms with E-state index in [0.717, 1.165) is 5.56 Å². The Balaban J connectivity index is 3.29. The summed E-state index contributed by atoms with van der Waals surface area (Å²) in [6.45, 7) is 4.09. The van der Waals surface area contributed by atoms with Crippen molar-refractivity contribution in [3.8, 4) is 0 Å². The molecule has 0 aliphatic rings. The highest BCUT2D eigenvalue weighted by Crippen LogP contribution is 2.28. The number of amidine groups is 1.